The molecular formula is C24H20N2. The molecule has 0 aliphatic rings. The molecule has 0 unspecified atom stereocenters. The topological polar surface area (TPSA) is 24.7 Å². The monoisotopic (exact) mass is 336 g/mol. The first-order valence-corrected chi connectivity index (χ1v) is 8.54. The van der Waals surface area contributed by atoms with Gasteiger partial charge in [0, 0.05) is 0 Å². The zero-order valence-electron chi connectivity index (χ0n) is 14.4. The minimum absolute atomic E-state index is 0.872. The summed E-state index contributed by atoms with van der Waals surface area (Å²) in [5, 5.41) is 8.20. The fourth-order valence-corrected chi connectivity index (χ4v) is 2.37. The molecule has 0 radical (unpaired) electrons. The molecule has 0 fully saturated rings. The molecule has 4 aromatic rings. The van der Waals surface area contributed by atoms with Crippen molar-refractivity contribution in [2.24, 2.45) is 10.2 Å². The van der Waals surface area contributed by atoms with Gasteiger partial charge in [-0.05, 0) is 35.4 Å². The summed E-state index contributed by atoms with van der Waals surface area (Å²) in [5.41, 5.74) is 4.30. The molecule has 0 aromatic heterocycles. The molecule has 0 aliphatic heterocycles. The number of nitrogens with zero attached hydrogens (tertiary/aromatic N) is 2. The van der Waals surface area contributed by atoms with Gasteiger partial charge in [0.05, 0.1) is 11.4 Å². The van der Waals surface area contributed by atoms with Crippen LogP contribution in [0.1, 0.15) is 0 Å². The van der Waals surface area contributed by atoms with Gasteiger partial charge in [-0.1, -0.05) is 97.1 Å². The van der Waals surface area contributed by atoms with Crippen molar-refractivity contribution in [3.8, 4) is 11.1 Å². The lowest BCUT2D eigenvalue weighted by molar-refractivity contribution is 1.23. The second kappa shape index (κ2) is 9.70. The van der Waals surface area contributed by atoms with Crippen molar-refractivity contribution in [2.75, 3.05) is 0 Å². The van der Waals surface area contributed by atoms with Gasteiger partial charge in [0.25, 0.3) is 0 Å². The smallest absolute Gasteiger partial charge is 0.0857 e. The van der Waals surface area contributed by atoms with E-state index in [0.29, 0.717) is 0 Å². The van der Waals surface area contributed by atoms with E-state index >= 15 is 0 Å². The molecule has 0 saturated heterocycles. The Morgan fingerprint density at radius 2 is 0.577 bits per heavy atom. The molecule has 4 aromatic carbocycles. The number of azo groups is 1. The van der Waals surface area contributed by atoms with Crippen LogP contribution in [0.4, 0.5) is 11.4 Å². The molecule has 0 spiro atoms. The Hall–Kier alpha value is -3.52. The molecule has 4 rings (SSSR count). The van der Waals surface area contributed by atoms with Gasteiger partial charge in [0.2, 0.25) is 0 Å². The van der Waals surface area contributed by atoms with Crippen molar-refractivity contribution in [1.82, 2.24) is 0 Å². The summed E-state index contributed by atoms with van der Waals surface area (Å²) in [6.07, 6.45) is 0. The minimum atomic E-state index is 0.872. The molecule has 126 valence electrons. The van der Waals surface area contributed by atoms with E-state index in [1.54, 1.807) is 0 Å². The van der Waals surface area contributed by atoms with E-state index in [4.69, 9.17) is 0 Å². The third kappa shape index (κ3) is 5.53. The van der Waals surface area contributed by atoms with E-state index in [-0.39, 0.29) is 0 Å². The Bertz CT molecular complexity index is 824. The lowest BCUT2D eigenvalue weighted by Crippen LogP contribution is -1.73. The Balaban J connectivity index is 0.000000152. The van der Waals surface area contributed by atoms with Crippen molar-refractivity contribution in [2.45, 2.75) is 0 Å². The number of benzene rings is 4. The molecule has 0 bridgehead atoms. The zero-order chi connectivity index (χ0) is 17.9. The van der Waals surface area contributed by atoms with Gasteiger partial charge in [0.1, 0.15) is 0 Å². The largest absolute Gasteiger partial charge is 0.151 e. The highest BCUT2D eigenvalue weighted by Gasteiger charge is 1.91. The summed E-state index contributed by atoms with van der Waals surface area (Å²) in [6, 6.07) is 40.2. The Labute approximate surface area is 154 Å². The van der Waals surface area contributed by atoms with E-state index in [1.807, 2.05) is 72.8 Å². The zero-order valence-corrected chi connectivity index (χ0v) is 14.4. The number of hydrogen-bond acceptors (Lipinski definition) is 2. The Morgan fingerprint density at radius 3 is 0.885 bits per heavy atom. The molecule has 0 saturated carbocycles. The first kappa shape index (κ1) is 17.3. The van der Waals surface area contributed by atoms with Crippen LogP contribution >= 0.6 is 0 Å². The van der Waals surface area contributed by atoms with Gasteiger partial charge in [0.15, 0.2) is 0 Å². The van der Waals surface area contributed by atoms with Gasteiger partial charge in [-0.25, -0.2) is 0 Å². The quantitative estimate of drug-likeness (QED) is 0.347. The van der Waals surface area contributed by atoms with Crippen LogP contribution in [-0.4, -0.2) is 0 Å². The van der Waals surface area contributed by atoms with Crippen LogP contribution < -0.4 is 0 Å². The summed E-state index contributed by atoms with van der Waals surface area (Å²) in [5.74, 6) is 0. The van der Waals surface area contributed by atoms with Crippen LogP contribution in [0.3, 0.4) is 0 Å². The third-order valence-corrected chi connectivity index (χ3v) is 3.67. The van der Waals surface area contributed by atoms with E-state index in [1.165, 1.54) is 11.1 Å². The highest BCUT2D eigenvalue weighted by molar-refractivity contribution is 5.62. The van der Waals surface area contributed by atoms with Crippen LogP contribution in [0, 0.1) is 0 Å². The second-order valence-electron chi connectivity index (χ2n) is 5.60. The second-order valence-corrected chi connectivity index (χ2v) is 5.60. The maximum atomic E-state index is 4.10. The van der Waals surface area contributed by atoms with Crippen molar-refractivity contribution < 1.29 is 0 Å². The SMILES string of the molecule is c1ccc(-c2ccccc2)cc1.c1ccc(N=Nc2ccccc2)cc1. The van der Waals surface area contributed by atoms with Gasteiger partial charge in [-0.15, -0.1) is 0 Å². The highest BCUT2D eigenvalue weighted by Crippen LogP contribution is 2.17. The summed E-state index contributed by atoms with van der Waals surface area (Å²) in [6.45, 7) is 0. The molecule has 0 amide bonds. The highest BCUT2D eigenvalue weighted by atomic mass is 15.1. The van der Waals surface area contributed by atoms with Crippen molar-refractivity contribution >= 4 is 11.4 Å². The van der Waals surface area contributed by atoms with Crippen LogP contribution in [0.2, 0.25) is 0 Å². The molecule has 0 atom stereocenters. The van der Waals surface area contributed by atoms with E-state index in [9.17, 15) is 0 Å². The van der Waals surface area contributed by atoms with Crippen molar-refractivity contribution in [3.63, 3.8) is 0 Å². The van der Waals surface area contributed by atoms with Crippen LogP contribution in [0.25, 0.3) is 11.1 Å². The third-order valence-electron chi connectivity index (χ3n) is 3.67. The summed E-state index contributed by atoms with van der Waals surface area (Å²) in [7, 11) is 0. The molecule has 0 heterocycles. The number of hydrogen-bond donors (Lipinski definition) is 0. The Kier molecular flexibility index (Phi) is 6.46. The minimum Gasteiger partial charge on any atom is -0.151 e. The van der Waals surface area contributed by atoms with Crippen LogP contribution in [-0.2, 0) is 0 Å². The van der Waals surface area contributed by atoms with Crippen molar-refractivity contribution in [3.05, 3.63) is 121 Å². The Morgan fingerprint density at radius 1 is 0.308 bits per heavy atom. The van der Waals surface area contributed by atoms with Gasteiger partial charge in [-0.3, -0.25) is 0 Å². The normalized spacial score (nSPS) is 10.2. The number of rotatable bonds is 3. The predicted molar refractivity (Wildman–Crippen MR) is 109 cm³/mol. The maximum absolute atomic E-state index is 4.10. The van der Waals surface area contributed by atoms with Gasteiger partial charge >= 0.3 is 0 Å². The average Bonchev–Trinajstić information content (AvgIpc) is 2.75. The average molecular weight is 336 g/mol. The summed E-state index contributed by atoms with van der Waals surface area (Å²) < 4.78 is 0. The predicted octanol–water partition coefficient (Wildman–Crippen LogP) is 7.46. The molecule has 2 nitrogen and oxygen atoms in total. The van der Waals surface area contributed by atoms with Crippen LogP contribution in [0.15, 0.2) is 132 Å². The van der Waals surface area contributed by atoms with E-state index < -0.39 is 0 Å². The van der Waals surface area contributed by atoms with Crippen molar-refractivity contribution in [1.29, 1.82) is 0 Å². The molecule has 26 heavy (non-hydrogen) atoms. The van der Waals surface area contributed by atoms with Gasteiger partial charge in [-0.2, -0.15) is 10.2 Å². The standard InChI is InChI=1S/C12H10N2.C12H10/c1-3-7-11(8-4-1)13-14-12-9-5-2-6-10-12;1-3-7-11(8-4-1)12-9-5-2-6-10-12/h1-10H;1-10H. The summed E-state index contributed by atoms with van der Waals surface area (Å²) >= 11 is 0. The van der Waals surface area contributed by atoms with E-state index in [2.05, 4.69) is 58.8 Å². The molecular weight excluding hydrogens is 316 g/mol. The molecule has 2 heteroatoms. The fourth-order valence-electron chi connectivity index (χ4n) is 2.37. The summed E-state index contributed by atoms with van der Waals surface area (Å²) in [4.78, 5) is 0. The molecule has 0 N–H and O–H groups in total. The molecule has 0 aliphatic carbocycles. The fraction of sp³-hybridized carbons (Fsp3) is 0. The lowest BCUT2D eigenvalue weighted by atomic mass is 10.1. The first-order valence-electron chi connectivity index (χ1n) is 8.54. The van der Waals surface area contributed by atoms with Gasteiger partial charge < -0.3 is 0 Å². The van der Waals surface area contributed by atoms with Crippen LogP contribution in [0.5, 0.6) is 0 Å². The van der Waals surface area contributed by atoms with E-state index in [0.717, 1.165) is 11.4 Å². The lowest BCUT2D eigenvalue weighted by Gasteiger charge is -1.98. The first-order chi connectivity index (χ1) is 12.9. The maximum Gasteiger partial charge on any atom is 0.0857 e.